The van der Waals surface area contributed by atoms with Crippen LogP contribution in [0.25, 0.3) is 10.9 Å². The van der Waals surface area contributed by atoms with Gasteiger partial charge in [-0.25, -0.2) is 0 Å². The van der Waals surface area contributed by atoms with Gasteiger partial charge in [-0.2, -0.15) is 0 Å². The van der Waals surface area contributed by atoms with Gasteiger partial charge in [0.15, 0.2) is 0 Å². The summed E-state index contributed by atoms with van der Waals surface area (Å²) in [5.41, 5.74) is 2.57. The molecule has 0 aliphatic heterocycles. The smallest absolute Gasteiger partial charge is 0.0499 e. The van der Waals surface area contributed by atoms with Crippen molar-refractivity contribution in [3.8, 4) is 0 Å². The van der Waals surface area contributed by atoms with Crippen LogP contribution in [0.5, 0.6) is 0 Å². The van der Waals surface area contributed by atoms with Gasteiger partial charge in [-0.1, -0.05) is 18.2 Å². The van der Waals surface area contributed by atoms with Crippen LogP contribution in [-0.4, -0.2) is 25.1 Å². The number of H-pyrrole nitrogens is 1. The number of fused-ring (bicyclic) bond motifs is 1. The third kappa shape index (κ3) is 2.37. The summed E-state index contributed by atoms with van der Waals surface area (Å²) >= 11 is 0. The number of aromatic nitrogens is 1. The van der Waals surface area contributed by atoms with E-state index in [2.05, 4.69) is 39.9 Å². The highest BCUT2D eigenvalue weighted by molar-refractivity contribution is 5.82. The molecule has 3 heteroatoms. The van der Waals surface area contributed by atoms with Crippen molar-refractivity contribution < 1.29 is 0 Å². The molecular weight excluding hydrogens is 186 g/mol. The number of nitrogens with one attached hydrogen (secondary N) is 3. The highest BCUT2D eigenvalue weighted by Crippen LogP contribution is 2.16. The predicted molar refractivity (Wildman–Crippen MR) is 63.9 cm³/mol. The zero-order valence-corrected chi connectivity index (χ0v) is 9.01. The molecule has 1 aromatic heterocycles. The summed E-state index contributed by atoms with van der Waals surface area (Å²) in [6.07, 6.45) is 1.99. The van der Waals surface area contributed by atoms with Crippen LogP contribution in [0.1, 0.15) is 5.56 Å². The number of benzene rings is 1. The minimum absolute atomic E-state index is 0.916. The molecule has 3 N–H and O–H groups in total. The molecule has 0 spiro atoms. The third-order valence-corrected chi connectivity index (χ3v) is 2.54. The fourth-order valence-electron chi connectivity index (χ4n) is 1.73. The zero-order valence-electron chi connectivity index (χ0n) is 9.01. The maximum Gasteiger partial charge on any atom is 0.0499 e. The van der Waals surface area contributed by atoms with Gasteiger partial charge in [0.25, 0.3) is 0 Å². The number of para-hydroxylation sites is 1. The highest BCUT2D eigenvalue weighted by atomic mass is 14.9. The van der Waals surface area contributed by atoms with Crippen LogP contribution in [-0.2, 0) is 6.54 Å². The lowest BCUT2D eigenvalue weighted by atomic mass is 10.1. The second kappa shape index (κ2) is 4.96. The van der Waals surface area contributed by atoms with Crippen molar-refractivity contribution >= 4 is 10.9 Å². The van der Waals surface area contributed by atoms with Crippen LogP contribution in [0, 0.1) is 0 Å². The minimum atomic E-state index is 0.916. The molecule has 2 aromatic rings. The first-order valence-corrected chi connectivity index (χ1v) is 5.32. The number of rotatable bonds is 5. The Bertz CT molecular complexity index is 419. The van der Waals surface area contributed by atoms with E-state index in [1.54, 1.807) is 0 Å². The van der Waals surface area contributed by atoms with Crippen LogP contribution in [0.2, 0.25) is 0 Å². The second-order valence-corrected chi connectivity index (χ2v) is 3.64. The molecule has 15 heavy (non-hydrogen) atoms. The summed E-state index contributed by atoms with van der Waals surface area (Å²) in [5, 5.41) is 7.80. The number of hydrogen-bond donors (Lipinski definition) is 3. The van der Waals surface area contributed by atoms with Crippen molar-refractivity contribution in [1.29, 1.82) is 0 Å². The summed E-state index contributed by atoms with van der Waals surface area (Å²) in [6.45, 7) is 2.91. The quantitative estimate of drug-likeness (QED) is 0.644. The predicted octanol–water partition coefficient (Wildman–Crippen LogP) is 1.48. The Morgan fingerprint density at radius 1 is 1.20 bits per heavy atom. The monoisotopic (exact) mass is 203 g/mol. The van der Waals surface area contributed by atoms with E-state index in [1.807, 2.05) is 13.2 Å². The van der Waals surface area contributed by atoms with Crippen molar-refractivity contribution in [3.05, 3.63) is 36.0 Å². The summed E-state index contributed by atoms with van der Waals surface area (Å²) in [4.78, 5) is 3.27. The average Bonchev–Trinajstić information content (AvgIpc) is 2.73. The SMILES string of the molecule is CNCCNCc1cccc2cc[nH]c12. The van der Waals surface area contributed by atoms with E-state index in [9.17, 15) is 0 Å². The van der Waals surface area contributed by atoms with Gasteiger partial charge in [0.1, 0.15) is 0 Å². The van der Waals surface area contributed by atoms with Gasteiger partial charge in [0.05, 0.1) is 0 Å². The molecule has 0 radical (unpaired) electrons. The molecule has 80 valence electrons. The van der Waals surface area contributed by atoms with Crippen LogP contribution in [0.4, 0.5) is 0 Å². The Balaban J connectivity index is 2.04. The Kier molecular flexibility index (Phi) is 3.37. The first kappa shape index (κ1) is 10.2. The average molecular weight is 203 g/mol. The topological polar surface area (TPSA) is 39.8 Å². The van der Waals surface area contributed by atoms with Crippen LogP contribution in [0.15, 0.2) is 30.5 Å². The molecule has 2 rings (SSSR count). The van der Waals surface area contributed by atoms with Crippen LogP contribution in [0.3, 0.4) is 0 Å². The lowest BCUT2D eigenvalue weighted by Crippen LogP contribution is -2.24. The summed E-state index contributed by atoms with van der Waals surface area (Å²) in [5.74, 6) is 0. The van der Waals surface area contributed by atoms with E-state index < -0.39 is 0 Å². The van der Waals surface area contributed by atoms with Gasteiger partial charge in [0, 0.05) is 31.3 Å². The largest absolute Gasteiger partial charge is 0.361 e. The van der Waals surface area contributed by atoms with Crippen molar-refractivity contribution in [2.45, 2.75) is 6.54 Å². The first-order chi connectivity index (χ1) is 7.42. The molecule has 0 saturated carbocycles. The highest BCUT2D eigenvalue weighted by Gasteiger charge is 2.00. The maximum absolute atomic E-state index is 3.40. The van der Waals surface area contributed by atoms with E-state index in [0.29, 0.717) is 0 Å². The van der Waals surface area contributed by atoms with Crippen molar-refractivity contribution in [1.82, 2.24) is 15.6 Å². The molecule has 0 unspecified atom stereocenters. The fraction of sp³-hybridized carbons (Fsp3) is 0.333. The summed E-state index contributed by atoms with van der Waals surface area (Å²) in [6, 6.07) is 8.49. The van der Waals surface area contributed by atoms with E-state index in [0.717, 1.165) is 19.6 Å². The van der Waals surface area contributed by atoms with Crippen molar-refractivity contribution in [2.75, 3.05) is 20.1 Å². The van der Waals surface area contributed by atoms with Crippen LogP contribution >= 0.6 is 0 Å². The van der Waals surface area contributed by atoms with Crippen LogP contribution < -0.4 is 10.6 Å². The van der Waals surface area contributed by atoms with Crippen molar-refractivity contribution in [2.24, 2.45) is 0 Å². The molecule has 1 heterocycles. The molecule has 0 saturated heterocycles. The molecule has 1 aromatic carbocycles. The van der Waals surface area contributed by atoms with Gasteiger partial charge < -0.3 is 15.6 Å². The van der Waals surface area contributed by atoms with Gasteiger partial charge in [-0.3, -0.25) is 0 Å². The zero-order chi connectivity index (χ0) is 10.5. The Morgan fingerprint density at radius 2 is 2.13 bits per heavy atom. The van der Waals surface area contributed by atoms with Crippen molar-refractivity contribution in [3.63, 3.8) is 0 Å². The molecule has 0 atom stereocenters. The Labute approximate surface area is 89.9 Å². The van der Waals surface area contributed by atoms with Gasteiger partial charge in [-0.15, -0.1) is 0 Å². The molecule has 0 amide bonds. The van der Waals surface area contributed by atoms with E-state index in [1.165, 1.54) is 16.5 Å². The number of hydrogen-bond acceptors (Lipinski definition) is 2. The number of likely N-dealkylation sites (N-methyl/N-ethyl adjacent to an activating group) is 1. The molecule has 0 fully saturated rings. The van der Waals surface area contributed by atoms with Gasteiger partial charge in [0.2, 0.25) is 0 Å². The van der Waals surface area contributed by atoms with Gasteiger partial charge in [-0.05, 0) is 24.1 Å². The molecular formula is C12H17N3. The van der Waals surface area contributed by atoms with E-state index >= 15 is 0 Å². The standard InChI is InChI=1S/C12H17N3/c1-13-7-8-14-9-11-4-2-3-10-5-6-15-12(10)11/h2-6,13-15H,7-9H2,1H3. The normalized spacial score (nSPS) is 11.0. The Hall–Kier alpha value is -1.32. The first-order valence-electron chi connectivity index (χ1n) is 5.32. The molecule has 0 aliphatic carbocycles. The molecule has 3 nitrogen and oxygen atoms in total. The van der Waals surface area contributed by atoms with Gasteiger partial charge >= 0.3 is 0 Å². The molecule has 0 bridgehead atoms. The maximum atomic E-state index is 3.40. The summed E-state index contributed by atoms with van der Waals surface area (Å²) in [7, 11) is 1.97. The fourth-order valence-corrected chi connectivity index (χ4v) is 1.73. The van der Waals surface area contributed by atoms with E-state index in [4.69, 9.17) is 0 Å². The second-order valence-electron chi connectivity index (χ2n) is 3.64. The lowest BCUT2D eigenvalue weighted by Gasteiger charge is -2.05. The lowest BCUT2D eigenvalue weighted by molar-refractivity contribution is 0.652. The summed E-state index contributed by atoms with van der Waals surface area (Å²) < 4.78 is 0. The Morgan fingerprint density at radius 3 is 3.00 bits per heavy atom. The minimum Gasteiger partial charge on any atom is -0.361 e. The van der Waals surface area contributed by atoms with E-state index in [-0.39, 0.29) is 0 Å². The molecule has 0 aliphatic rings. The number of aromatic amines is 1. The third-order valence-electron chi connectivity index (χ3n) is 2.54.